The zero-order chi connectivity index (χ0) is 14.8. The van der Waals surface area contributed by atoms with Crippen molar-refractivity contribution < 1.29 is 9.72 Å². The second-order valence-electron chi connectivity index (χ2n) is 5.02. The fourth-order valence-corrected chi connectivity index (χ4v) is 3.78. The Kier molecular flexibility index (Phi) is 3.70. The number of benzene rings is 1. The molecule has 0 atom stereocenters. The molecule has 1 aliphatic carbocycles. The third kappa shape index (κ3) is 2.80. The fourth-order valence-electron chi connectivity index (χ4n) is 2.58. The van der Waals surface area contributed by atoms with Crippen molar-refractivity contribution in [2.24, 2.45) is 0 Å². The number of anilines is 1. The van der Waals surface area contributed by atoms with Gasteiger partial charge in [0, 0.05) is 27.9 Å². The van der Waals surface area contributed by atoms with Crippen LogP contribution < -0.4 is 5.32 Å². The normalized spacial score (nSPS) is 13.0. The van der Waals surface area contributed by atoms with E-state index < -0.39 is 4.92 Å². The molecule has 1 aromatic heterocycles. The monoisotopic (exact) mass is 302 g/mol. The molecular weight excluding hydrogens is 288 g/mol. The van der Waals surface area contributed by atoms with Crippen molar-refractivity contribution in [1.29, 1.82) is 0 Å². The highest BCUT2D eigenvalue weighted by molar-refractivity contribution is 7.12. The number of fused-ring (bicyclic) bond motifs is 1. The molecule has 0 fully saturated rings. The van der Waals surface area contributed by atoms with Crippen LogP contribution in [0.15, 0.2) is 24.3 Å². The molecule has 108 valence electrons. The predicted octanol–water partition coefficient (Wildman–Crippen LogP) is 3.57. The Balaban J connectivity index is 1.77. The number of thiophene rings is 1. The average molecular weight is 302 g/mol. The number of carbonyl (C=O) groups excluding carboxylic acids is 1. The number of nitrogens with zero attached hydrogens (tertiary/aromatic N) is 1. The third-order valence-electron chi connectivity index (χ3n) is 3.61. The lowest BCUT2D eigenvalue weighted by Gasteiger charge is -2.06. The summed E-state index contributed by atoms with van der Waals surface area (Å²) in [4.78, 5) is 23.9. The molecule has 3 rings (SSSR count). The van der Waals surface area contributed by atoms with Gasteiger partial charge in [-0.05, 0) is 43.0 Å². The van der Waals surface area contributed by atoms with Crippen molar-refractivity contribution >= 4 is 29.0 Å². The number of nitro groups is 1. The van der Waals surface area contributed by atoms with Crippen molar-refractivity contribution in [1.82, 2.24) is 0 Å². The molecule has 1 aliphatic rings. The number of rotatable bonds is 5. The van der Waals surface area contributed by atoms with E-state index in [1.165, 1.54) is 27.8 Å². The number of nitro benzene ring substituents is 1. The summed E-state index contributed by atoms with van der Waals surface area (Å²) in [5.74, 6) is 0. The topological polar surface area (TPSA) is 72.2 Å². The summed E-state index contributed by atoms with van der Waals surface area (Å²) in [7, 11) is 0. The van der Waals surface area contributed by atoms with E-state index in [2.05, 4.69) is 11.4 Å². The molecule has 0 aliphatic heterocycles. The summed E-state index contributed by atoms with van der Waals surface area (Å²) in [6, 6.07) is 6.65. The summed E-state index contributed by atoms with van der Waals surface area (Å²) < 4.78 is 0. The molecule has 0 saturated heterocycles. The zero-order valence-corrected chi connectivity index (χ0v) is 12.1. The molecular formula is C15H14N2O3S. The first kappa shape index (κ1) is 13.8. The predicted molar refractivity (Wildman–Crippen MR) is 82.2 cm³/mol. The fraction of sp³-hybridized carbons (Fsp3) is 0.267. The van der Waals surface area contributed by atoms with Gasteiger partial charge in [-0.1, -0.05) is 0 Å². The van der Waals surface area contributed by atoms with Crippen LogP contribution in [0.2, 0.25) is 0 Å². The van der Waals surface area contributed by atoms with Gasteiger partial charge in [0.2, 0.25) is 0 Å². The molecule has 1 N–H and O–H groups in total. The Bertz CT molecular complexity index is 687. The van der Waals surface area contributed by atoms with Gasteiger partial charge in [-0.25, -0.2) is 0 Å². The van der Waals surface area contributed by atoms with Crippen LogP contribution in [-0.4, -0.2) is 11.2 Å². The standard InChI is InChI=1S/C15H14N2O3S/c18-9-10-4-5-13(14(6-10)17(19)20)16-8-12-7-11-2-1-3-15(11)21-12/h4-7,9,16H,1-3,8H2. The van der Waals surface area contributed by atoms with Crippen LogP contribution in [0.3, 0.4) is 0 Å². The highest BCUT2D eigenvalue weighted by Crippen LogP contribution is 2.32. The molecule has 0 amide bonds. The van der Waals surface area contributed by atoms with Crippen molar-refractivity contribution in [3.8, 4) is 0 Å². The van der Waals surface area contributed by atoms with Gasteiger partial charge in [-0.2, -0.15) is 0 Å². The Morgan fingerprint density at radius 1 is 1.33 bits per heavy atom. The van der Waals surface area contributed by atoms with Crippen LogP contribution in [0.5, 0.6) is 0 Å². The van der Waals surface area contributed by atoms with Crippen molar-refractivity contribution in [2.45, 2.75) is 25.8 Å². The maximum absolute atomic E-state index is 11.1. The highest BCUT2D eigenvalue weighted by atomic mass is 32.1. The summed E-state index contributed by atoms with van der Waals surface area (Å²) in [5, 5.41) is 14.2. The Hall–Kier alpha value is -2.21. The molecule has 0 saturated carbocycles. The van der Waals surface area contributed by atoms with E-state index in [1.807, 2.05) is 0 Å². The van der Waals surface area contributed by atoms with E-state index in [1.54, 1.807) is 23.5 Å². The molecule has 5 nitrogen and oxygen atoms in total. The first-order chi connectivity index (χ1) is 10.2. The van der Waals surface area contributed by atoms with Gasteiger partial charge < -0.3 is 5.32 Å². The quantitative estimate of drug-likeness (QED) is 0.520. The number of nitrogens with one attached hydrogen (secondary N) is 1. The first-order valence-corrected chi connectivity index (χ1v) is 7.57. The molecule has 0 bridgehead atoms. The van der Waals surface area contributed by atoms with E-state index >= 15 is 0 Å². The molecule has 0 unspecified atom stereocenters. The SMILES string of the molecule is O=Cc1ccc(NCc2cc3c(s2)CCC3)c([N+](=O)[O-])c1. The van der Waals surface area contributed by atoms with Crippen LogP contribution in [0.1, 0.15) is 32.1 Å². The van der Waals surface area contributed by atoms with Gasteiger partial charge in [-0.15, -0.1) is 11.3 Å². The molecule has 6 heteroatoms. The maximum Gasteiger partial charge on any atom is 0.293 e. The van der Waals surface area contributed by atoms with E-state index in [9.17, 15) is 14.9 Å². The van der Waals surface area contributed by atoms with E-state index in [0.29, 0.717) is 24.1 Å². The van der Waals surface area contributed by atoms with Crippen molar-refractivity contribution in [3.63, 3.8) is 0 Å². The van der Waals surface area contributed by atoms with Crippen LogP contribution in [0, 0.1) is 10.1 Å². The average Bonchev–Trinajstić information content (AvgIpc) is 3.05. The largest absolute Gasteiger partial charge is 0.375 e. The summed E-state index contributed by atoms with van der Waals surface area (Å²) >= 11 is 1.77. The second kappa shape index (κ2) is 5.65. The minimum absolute atomic E-state index is 0.0660. The van der Waals surface area contributed by atoms with Crippen LogP contribution in [0.25, 0.3) is 0 Å². The van der Waals surface area contributed by atoms with Crippen LogP contribution >= 0.6 is 11.3 Å². The van der Waals surface area contributed by atoms with Gasteiger partial charge in [0.05, 0.1) is 4.92 Å². The van der Waals surface area contributed by atoms with Gasteiger partial charge in [-0.3, -0.25) is 14.9 Å². The van der Waals surface area contributed by atoms with E-state index in [0.717, 1.165) is 12.8 Å². The Morgan fingerprint density at radius 2 is 2.19 bits per heavy atom. The number of aryl methyl sites for hydroxylation is 2. The first-order valence-electron chi connectivity index (χ1n) is 6.75. The smallest absolute Gasteiger partial charge is 0.293 e. The molecule has 2 aromatic rings. The second-order valence-corrected chi connectivity index (χ2v) is 6.24. The van der Waals surface area contributed by atoms with Gasteiger partial charge in [0.25, 0.3) is 5.69 Å². The number of hydrogen-bond donors (Lipinski definition) is 1. The minimum atomic E-state index is -0.469. The van der Waals surface area contributed by atoms with Crippen LogP contribution in [0.4, 0.5) is 11.4 Å². The molecule has 0 spiro atoms. The molecule has 1 heterocycles. The number of aldehydes is 1. The highest BCUT2D eigenvalue weighted by Gasteiger charge is 2.17. The minimum Gasteiger partial charge on any atom is -0.375 e. The van der Waals surface area contributed by atoms with Gasteiger partial charge in [0.15, 0.2) is 0 Å². The third-order valence-corrected chi connectivity index (χ3v) is 4.84. The van der Waals surface area contributed by atoms with Crippen LogP contribution in [-0.2, 0) is 19.4 Å². The summed E-state index contributed by atoms with van der Waals surface area (Å²) in [5.41, 5.74) is 2.10. The summed E-state index contributed by atoms with van der Waals surface area (Å²) in [6.07, 6.45) is 4.13. The van der Waals surface area contributed by atoms with E-state index in [-0.39, 0.29) is 5.69 Å². The lowest BCUT2D eigenvalue weighted by Crippen LogP contribution is -2.02. The van der Waals surface area contributed by atoms with Gasteiger partial charge in [0.1, 0.15) is 12.0 Å². The molecule has 1 aromatic carbocycles. The van der Waals surface area contributed by atoms with Gasteiger partial charge >= 0.3 is 0 Å². The number of carbonyl (C=O) groups is 1. The molecule has 0 radical (unpaired) electrons. The lowest BCUT2D eigenvalue weighted by molar-refractivity contribution is -0.384. The summed E-state index contributed by atoms with van der Waals surface area (Å²) in [6.45, 7) is 0.568. The van der Waals surface area contributed by atoms with Crippen molar-refractivity contribution in [3.05, 3.63) is 55.3 Å². The lowest BCUT2D eigenvalue weighted by atomic mass is 10.2. The Morgan fingerprint density at radius 3 is 2.90 bits per heavy atom. The van der Waals surface area contributed by atoms with Crippen molar-refractivity contribution in [2.75, 3.05) is 5.32 Å². The Labute approximate surface area is 125 Å². The maximum atomic E-state index is 11.1. The molecule has 21 heavy (non-hydrogen) atoms. The number of hydrogen-bond acceptors (Lipinski definition) is 5. The zero-order valence-electron chi connectivity index (χ0n) is 11.3. The van der Waals surface area contributed by atoms with E-state index in [4.69, 9.17) is 0 Å².